The lowest BCUT2D eigenvalue weighted by Gasteiger charge is -2.26. The first kappa shape index (κ1) is 20.1. The van der Waals surface area contributed by atoms with Crippen molar-refractivity contribution in [2.45, 2.75) is 32.2 Å². The first-order chi connectivity index (χ1) is 14.6. The van der Waals surface area contributed by atoms with Crippen LogP contribution < -0.4 is 15.5 Å². The molecule has 0 bridgehead atoms. The van der Waals surface area contributed by atoms with Crippen LogP contribution in [0.4, 0.5) is 16.2 Å². The van der Waals surface area contributed by atoms with Crippen LogP contribution in [0.3, 0.4) is 0 Å². The van der Waals surface area contributed by atoms with Crippen molar-refractivity contribution in [1.82, 2.24) is 10.2 Å². The highest BCUT2D eigenvalue weighted by molar-refractivity contribution is 6.07. The Morgan fingerprint density at radius 2 is 1.73 bits per heavy atom. The number of nitrogens with one attached hydrogen (secondary N) is 2. The molecule has 0 atom stereocenters. The maximum atomic E-state index is 12.7. The Kier molecular flexibility index (Phi) is 6.09. The zero-order chi connectivity index (χ0) is 20.9. The van der Waals surface area contributed by atoms with Gasteiger partial charge in [0.15, 0.2) is 0 Å². The lowest BCUT2D eigenvalue weighted by molar-refractivity contribution is -0.120. The molecule has 2 N–H and O–H groups in total. The van der Waals surface area contributed by atoms with Crippen molar-refractivity contribution in [3.05, 3.63) is 59.7 Å². The third-order valence-electron chi connectivity index (χ3n) is 5.54. The minimum atomic E-state index is -0.445. The fourth-order valence-corrected chi connectivity index (χ4v) is 3.90. The zero-order valence-corrected chi connectivity index (χ0v) is 16.9. The van der Waals surface area contributed by atoms with E-state index in [2.05, 4.69) is 15.5 Å². The summed E-state index contributed by atoms with van der Waals surface area (Å²) in [6.45, 7) is 3.52. The predicted molar refractivity (Wildman–Crippen MR) is 115 cm³/mol. The fraction of sp³-hybridized carbons (Fsp3) is 0.348. The molecule has 2 aliphatic rings. The number of imide groups is 1. The molecular weight excluding hydrogens is 380 g/mol. The van der Waals surface area contributed by atoms with E-state index in [1.165, 1.54) is 29.7 Å². The van der Waals surface area contributed by atoms with Crippen LogP contribution in [0.15, 0.2) is 48.5 Å². The van der Waals surface area contributed by atoms with Crippen LogP contribution in [0.1, 0.15) is 41.6 Å². The van der Waals surface area contributed by atoms with E-state index >= 15 is 0 Å². The highest BCUT2D eigenvalue weighted by Crippen LogP contribution is 2.22. The Hall–Kier alpha value is -3.19. The van der Waals surface area contributed by atoms with E-state index in [0.29, 0.717) is 23.5 Å². The van der Waals surface area contributed by atoms with E-state index in [1.54, 1.807) is 24.3 Å². The Balaban J connectivity index is 1.39. The van der Waals surface area contributed by atoms with Crippen molar-refractivity contribution in [3.63, 3.8) is 0 Å². The van der Waals surface area contributed by atoms with Gasteiger partial charge in [0.1, 0.15) is 0 Å². The molecule has 2 aromatic carbocycles. The second-order valence-electron chi connectivity index (χ2n) is 7.79. The van der Waals surface area contributed by atoms with Crippen molar-refractivity contribution < 1.29 is 14.4 Å². The van der Waals surface area contributed by atoms with E-state index in [-0.39, 0.29) is 18.2 Å². The molecule has 0 aromatic heterocycles. The molecule has 156 valence electrons. The van der Waals surface area contributed by atoms with Crippen LogP contribution in [0, 0.1) is 0 Å². The molecule has 2 heterocycles. The molecular formula is C23H26N4O3. The number of carbonyl (C=O) groups is 3. The van der Waals surface area contributed by atoms with Gasteiger partial charge in [0.05, 0.1) is 0 Å². The highest BCUT2D eigenvalue weighted by Gasteiger charge is 2.24. The molecule has 0 spiro atoms. The summed E-state index contributed by atoms with van der Waals surface area (Å²) in [6, 6.07) is 14.3. The molecule has 0 unspecified atom stereocenters. The van der Waals surface area contributed by atoms with E-state index < -0.39 is 6.03 Å². The Morgan fingerprint density at radius 3 is 2.47 bits per heavy atom. The van der Waals surface area contributed by atoms with E-state index in [0.717, 1.165) is 19.6 Å². The average Bonchev–Trinajstić information content (AvgIpc) is 2.75. The fourth-order valence-electron chi connectivity index (χ4n) is 3.90. The minimum Gasteiger partial charge on any atom is -0.322 e. The number of likely N-dealkylation sites (tertiary alicyclic amines) is 1. The van der Waals surface area contributed by atoms with Crippen LogP contribution in [0.25, 0.3) is 0 Å². The molecule has 2 saturated heterocycles. The molecule has 2 aromatic rings. The summed E-state index contributed by atoms with van der Waals surface area (Å²) in [6.07, 6.45) is 4.09. The molecule has 2 aliphatic heterocycles. The Morgan fingerprint density at radius 1 is 0.967 bits per heavy atom. The molecule has 4 rings (SSSR count). The van der Waals surface area contributed by atoms with Gasteiger partial charge in [-0.15, -0.1) is 0 Å². The molecule has 0 radical (unpaired) electrons. The SMILES string of the molecule is O=C1CCN(c2cccc(NC(=O)c3ccc(CN4CCCCC4)cc3)c2)C(=O)N1. The highest BCUT2D eigenvalue weighted by atomic mass is 16.2. The Bertz CT molecular complexity index is 936. The minimum absolute atomic E-state index is 0.199. The average molecular weight is 406 g/mol. The molecule has 4 amide bonds. The number of piperidine rings is 1. The zero-order valence-electron chi connectivity index (χ0n) is 16.9. The molecule has 2 fully saturated rings. The van der Waals surface area contributed by atoms with Crippen molar-refractivity contribution in [2.75, 3.05) is 29.9 Å². The van der Waals surface area contributed by atoms with Crippen LogP contribution in [-0.4, -0.2) is 42.4 Å². The molecule has 0 saturated carbocycles. The molecule has 7 nitrogen and oxygen atoms in total. The third kappa shape index (κ3) is 4.86. The second-order valence-corrected chi connectivity index (χ2v) is 7.79. The van der Waals surface area contributed by atoms with Crippen LogP contribution in [-0.2, 0) is 11.3 Å². The maximum Gasteiger partial charge on any atom is 0.328 e. The van der Waals surface area contributed by atoms with Gasteiger partial charge in [-0.1, -0.05) is 24.6 Å². The summed E-state index contributed by atoms with van der Waals surface area (Å²) in [5.41, 5.74) is 3.03. The van der Waals surface area contributed by atoms with Gasteiger partial charge in [0.25, 0.3) is 5.91 Å². The van der Waals surface area contributed by atoms with Gasteiger partial charge >= 0.3 is 6.03 Å². The van der Waals surface area contributed by atoms with Crippen LogP contribution >= 0.6 is 0 Å². The summed E-state index contributed by atoms with van der Waals surface area (Å²) in [4.78, 5) is 40.0. The predicted octanol–water partition coefficient (Wildman–Crippen LogP) is 3.37. The van der Waals surface area contributed by atoms with Crippen molar-refractivity contribution in [1.29, 1.82) is 0 Å². The van der Waals surface area contributed by atoms with Crippen molar-refractivity contribution >= 4 is 29.2 Å². The van der Waals surface area contributed by atoms with Crippen LogP contribution in [0.5, 0.6) is 0 Å². The standard InChI is InChI=1S/C23H26N4O3/c28-21-11-14-27(23(30)25-21)20-6-4-5-19(15-20)24-22(29)18-9-7-17(8-10-18)16-26-12-2-1-3-13-26/h4-10,15H,1-3,11-14,16H2,(H,24,29)(H,25,28,30). The number of rotatable bonds is 5. The van der Waals surface area contributed by atoms with Gasteiger partial charge in [-0.25, -0.2) is 4.79 Å². The normalized spacial score (nSPS) is 17.5. The number of amides is 4. The quantitative estimate of drug-likeness (QED) is 0.798. The number of anilines is 2. The lowest BCUT2D eigenvalue weighted by Crippen LogP contribution is -2.49. The first-order valence-corrected chi connectivity index (χ1v) is 10.4. The van der Waals surface area contributed by atoms with Gasteiger partial charge in [0, 0.05) is 36.4 Å². The maximum absolute atomic E-state index is 12.7. The number of benzene rings is 2. The third-order valence-corrected chi connectivity index (χ3v) is 5.54. The van der Waals surface area contributed by atoms with Gasteiger partial charge in [-0.2, -0.15) is 0 Å². The summed E-state index contributed by atoms with van der Waals surface area (Å²) in [5.74, 6) is -0.473. The van der Waals surface area contributed by atoms with Gasteiger partial charge < -0.3 is 5.32 Å². The van der Waals surface area contributed by atoms with Gasteiger partial charge in [0.2, 0.25) is 5.91 Å². The summed E-state index contributed by atoms with van der Waals surface area (Å²) < 4.78 is 0. The number of nitrogens with zero attached hydrogens (tertiary/aromatic N) is 2. The smallest absolute Gasteiger partial charge is 0.322 e. The largest absolute Gasteiger partial charge is 0.328 e. The topological polar surface area (TPSA) is 81.8 Å². The van der Waals surface area contributed by atoms with Crippen LogP contribution in [0.2, 0.25) is 0 Å². The summed E-state index contributed by atoms with van der Waals surface area (Å²) in [5, 5.41) is 5.19. The van der Waals surface area contributed by atoms with E-state index in [9.17, 15) is 14.4 Å². The number of carbonyl (C=O) groups excluding carboxylic acids is 3. The summed E-state index contributed by atoms with van der Waals surface area (Å²) >= 11 is 0. The molecule has 7 heteroatoms. The number of urea groups is 1. The first-order valence-electron chi connectivity index (χ1n) is 10.4. The van der Waals surface area contributed by atoms with E-state index in [4.69, 9.17) is 0 Å². The summed E-state index contributed by atoms with van der Waals surface area (Å²) in [7, 11) is 0. The van der Waals surface area contributed by atoms with Crippen molar-refractivity contribution in [3.8, 4) is 0 Å². The molecule has 0 aliphatic carbocycles. The monoisotopic (exact) mass is 406 g/mol. The molecule has 30 heavy (non-hydrogen) atoms. The van der Waals surface area contributed by atoms with E-state index in [1.807, 2.05) is 24.3 Å². The second kappa shape index (κ2) is 9.09. The van der Waals surface area contributed by atoms with Gasteiger partial charge in [-0.3, -0.25) is 24.7 Å². The lowest BCUT2D eigenvalue weighted by atomic mass is 10.1. The number of hydrogen-bond donors (Lipinski definition) is 2. The Labute approximate surface area is 176 Å². The van der Waals surface area contributed by atoms with Crippen molar-refractivity contribution in [2.24, 2.45) is 0 Å². The van der Waals surface area contributed by atoms with Gasteiger partial charge in [-0.05, 0) is 61.8 Å². The number of hydrogen-bond acceptors (Lipinski definition) is 4.